The number of pyridine rings is 1. The van der Waals surface area contributed by atoms with Crippen LogP contribution >= 0.6 is 0 Å². The van der Waals surface area contributed by atoms with E-state index in [1.807, 2.05) is 12.1 Å². The van der Waals surface area contributed by atoms with E-state index in [0.717, 1.165) is 49.8 Å². The van der Waals surface area contributed by atoms with E-state index in [1.54, 1.807) is 11.1 Å². The van der Waals surface area contributed by atoms with Crippen molar-refractivity contribution in [2.75, 3.05) is 36.0 Å². The number of ether oxygens (including phenoxy) is 1. The molecule has 4 rings (SSSR count). The van der Waals surface area contributed by atoms with Gasteiger partial charge in [0.05, 0.1) is 6.54 Å². The maximum atomic E-state index is 12.9. The second kappa shape index (κ2) is 7.21. The SMILES string of the molecule is FC(F)(F)c1ccnc(N2CCC(Oc3cccnc3N3CCCC3)C2)n1. The van der Waals surface area contributed by atoms with Crippen LogP contribution in [0.5, 0.6) is 5.75 Å². The molecule has 0 radical (unpaired) electrons. The number of hydrogen-bond donors (Lipinski definition) is 0. The topological polar surface area (TPSA) is 54.4 Å². The Bertz CT molecular complexity index is 795. The van der Waals surface area contributed by atoms with Crippen LogP contribution in [0.3, 0.4) is 0 Å². The Morgan fingerprint density at radius 1 is 1.00 bits per heavy atom. The van der Waals surface area contributed by atoms with E-state index in [4.69, 9.17) is 4.74 Å². The van der Waals surface area contributed by atoms with E-state index in [1.165, 1.54) is 0 Å². The van der Waals surface area contributed by atoms with E-state index in [0.29, 0.717) is 19.5 Å². The molecule has 0 amide bonds. The molecule has 1 unspecified atom stereocenters. The Kier molecular flexibility index (Phi) is 4.75. The molecule has 0 aliphatic carbocycles. The first kappa shape index (κ1) is 17.8. The highest BCUT2D eigenvalue weighted by atomic mass is 19.4. The van der Waals surface area contributed by atoms with Crippen molar-refractivity contribution in [1.82, 2.24) is 15.0 Å². The first-order valence-electron chi connectivity index (χ1n) is 9.02. The number of aromatic nitrogens is 3. The van der Waals surface area contributed by atoms with Crippen LogP contribution in [0.15, 0.2) is 30.6 Å². The molecule has 2 aliphatic heterocycles. The van der Waals surface area contributed by atoms with Crippen molar-refractivity contribution < 1.29 is 17.9 Å². The van der Waals surface area contributed by atoms with E-state index in [-0.39, 0.29) is 12.1 Å². The Labute approximate surface area is 155 Å². The Morgan fingerprint density at radius 2 is 1.81 bits per heavy atom. The second-order valence-electron chi connectivity index (χ2n) is 6.73. The molecule has 27 heavy (non-hydrogen) atoms. The van der Waals surface area contributed by atoms with Crippen LogP contribution in [-0.2, 0) is 6.18 Å². The molecule has 144 valence electrons. The number of anilines is 2. The highest BCUT2D eigenvalue weighted by molar-refractivity contribution is 5.52. The van der Waals surface area contributed by atoms with Gasteiger partial charge in [-0.15, -0.1) is 0 Å². The molecule has 1 atom stereocenters. The molecule has 0 bridgehead atoms. The summed E-state index contributed by atoms with van der Waals surface area (Å²) in [5.74, 6) is 1.64. The van der Waals surface area contributed by atoms with E-state index in [2.05, 4.69) is 19.9 Å². The summed E-state index contributed by atoms with van der Waals surface area (Å²) >= 11 is 0. The summed E-state index contributed by atoms with van der Waals surface area (Å²) < 4.78 is 44.7. The maximum absolute atomic E-state index is 12.9. The summed E-state index contributed by atoms with van der Waals surface area (Å²) in [6.45, 7) is 2.91. The van der Waals surface area contributed by atoms with Gasteiger partial charge in [-0.3, -0.25) is 0 Å². The molecular formula is C18H20F3N5O. The summed E-state index contributed by atoms with van der Waals surface area (Å²) in [7, 11) is 0. The third-order valence-electron chi connectivity index (χ3n) is 4.81. The molecular weight excluding hydrogens is 359 g/mol. The Morgan fingerprint density at radius 3 is 2.59 bits per heavy atom. The smallest absolute Gasteiger partial charge is 0.433 e. The van der Waals surface area contributed by atoms with Crippen molar-refractivity contribution in [3.05, 3.63) is 36.3 Å². The van der Waals surface area contributed by atoms with Crippen LogP contribution < -0.4 is 14.5 Å². The predicted octanol–water partition coefficient (Wildman–Crippen LogP) is 3.15. The molecule has 0 spiro atoms. The maximum Gasteiger partial charge on any atom is 0.433 e. The second-order valence-corrected chi connectivity index (χ2v) is 6.73. The minimum absolute atomic E-state index is 0.0851. The van der Waals surface area contributed by atoms with Crippen molar-refractivity contribution in [3.8, 4) is 5.75 Å². The van der Waals surface area contributed by atoms with Gasteiger partial charge >= 0.3 is 6.18 Å². The van der Waals surface area contributed by atoms with Gasteiger partial charge in [0.25, 0.3) is 0 Å². The van der Waals surface area contributed by atoms with Crippen molar-refractivity contribution in [1.29, 1.82) is 0 Å². The number of halogens is 3. The van der Waals surface area contributed by atoms with E-state index < -0.39 is 11.9 Å². The molecule has 0 N–H and O–H groups in total. The number of hydrogen-bond acceptors (Lipinski definition) is 6. The summed E-state index contributed by atoms with van der Waals surface area (Å²) in [5.41, 5.74) is -0.930. The highest BCUT2D eigenvalue weighted by Gasteiger charge is 2.34. The first-order valence-corrected chi connectivity index (χ1v) is 9.02. The lowest BCUT2D eigenvalue weighted by Gasteiger charge is -2.22. The van der Waals surface area contributed by atoms with Crippen molar-refractivity contribution in [3.63, 3.8) is 0 Å². The van der Waals surface area contributed by atoms with Gasteiger partial charge in [-0.2, -0.15) is 13.2 Å². The average molecular weight is 379 g/mol. The van der Waals surface area contributed by atoms with Crippen LogP contribution in [0.25, 0.3) is 0 Å². The highest BCUT2D eigenvalue weighted by Crippen LogP contribution is 2.32. The minimum atomic E-state index is -4.48. The van der Waals surface area contributed by atoms with Gasteiger partial charge in [0, 0.05) is 38.4 Å². The van der Waals surface area contributed by atoms with Crippen LogP contribution in [-0.4, -0.2) is 47.2 Å². The number of nitrogens with zero attached hydrogens (tertiary/aromatic N) is 5. The number of alkyl halides is 3. The van der Waals surface area contributed by atoms with E-state index >= 15 is 0 Å². The van der Waals surface area contributed by atoms with Gasteiger partial charge in [0.1, 0.15) is 11.8 Å². The molecule has 2 aromatic heterocycles. The third kappa shape index (κ3) is 3.91. The molecule has 0 aromatic carbocycles. The van der Waals surface area contributed by atoms with Gasteiger partial charge in [-0.25, -0.2) is 15.0 Å². The normalized spacial score (nSPS) is 20.3. The van der Waals surface area contributed by atoms with Crippen molar-refractivity contribution >= 4 is 11.8 Å². The molecule has 9 heteroatoms. The van der Waals surface area contributed by atoms with Gasteiger partial charge < -0.3 is 14.5 Å². The van der Waals surface area contributed by atoms with Gasteiger partial charge in [-0.05, 0) is 31.0 Å². The van der Waals surface area contributed by atoms with Crippen molar-refractivity contribution in [2.24, 2.45) is 0 Å². The zero-order chi connectivity index (χ0) is 18.9. The molecule has 2 aromatic rings. The fourth-order valence-electron chi connectivity index (χ4n) is 3.48. The first-order chi connectivity index (χ1) is 13.0. The van der Waals surface area contributed by atoms with E-state index in [9.17, 15) is 13.2 Å². The zero-order valence-corrected chi connectivity index (χ0v) is 14.7. The molecule has 2 aliphatic rings. The Hall–Kier alpha value is -2.58. The summed E-state index contributed by atoms with van der Waals surface area (Å²) in [6, 6.07) is 4.60. The van der Waals surface area contributed by atoms with Gasteiger partial charge in [-0.1, -0.05) is 0 Å². The fourth-order valence-corrected chi connectivity index (χ4v) is 3.48. The standard InChI is InChI=1S/C18H20F3N5O/c19-18(20,21)15-5-8-23-17(24-15)26-11-6-13(12-26)27-14-4-3-7-22-16(14)25-9-1-2-10-25/h3-5,7-8,13H,1-2,6,9-12H2. The molecule has 4 heterocycles. The van der Waals surface area contributed by atoms with Gasteiger partial charge in [0.15, 0.2) is 11.6 Å². The van der Waals surface area contributed by atoms with Crippen LogP contribution in [0.1, 0.15) is 25.0 Å². The third-order valence-corrected chi connectivity index (χ3v) is 4.81. The molecule has 0 saturated carbocycles. The van der Waals surface area contributed by atoms with Crippen LogP contribution in [0.4, 0.5) is 24.9 Å². The quantitative estimate of drug-likeness (QED) is 0.814. The Balaban J connectivity index is 1.45. The van der Waals surface area contributed by atoms with Gasteiger partial charge in [0.2, 0.25) is 5.95 Å². The summed E-state index contributed by atoms with van der Waals surface area (Å²) in [6.07, 6.45) is 1.24. The predicted molar refractivity (Wildman–Crippen MR) is 94.0 cm³/mol. The summed E-state index contributed by atoms with van der Waals surface area (Å²) in [4.78, 5) is 16.0. The van der Waals surface area contributed by atoms with Crippen molar-refractivity contribution in [2.45, 2.75) is 31.5 Å². The lowest BCUT2D eigenvalue weighted by molar-refractivity contribution is -0.141. The van der Waals surface area contributed by atoms with Crippen LogP contribution in [0, 0.1) is 0 Å². The number of rotatable bonds is 4. The largest absolute Gasteiger partial charge is 0.485 e. The molecule has 2 fully saturated rings. The zero-order valence-electron chi connectivity index (χ0n) is 14.7. The lowest BCUT2D eigenvalue weighted by atomic mass is 10.3. The summed E-state index contributed by atoms with van der Waals surface area (Å²) in [5, 5.41) is 0. The monoisotopic (exact) mass is 379 g/mol. The fraction of sp³-hybridized carbons (Fsp3) is 0.500. The average Bonchev–Trinajstić information content (AvgIpc) is 3.34. The molecule has 2 saturated heterocycles. The lowest BCUT2D eigenvalue weighted by Crippen LogP contribution is -2.27. The minimum Gasteiger partial charge on any atom is -0.485 e. The molecule has 6 nitrogen and oxygen atoms in total. The van der Waals surface area contributed by atoms with Crippen LogP contribution in [0.2, 0.25) is 0 Å².